The van der Waals surface area contributed by atoms with E-state index in [9.17, 15) is 4.79 Å². The molecule has 0 aliphatic heterocycles. The molecule has 0 saturated heterocycles. The summed E-state index contributed by atoms with van der Waals surface area (Å²) in [5, 5.41) is 18.1. The zero-order chi connectivity index (χ0) is 17.1. The fraction of sp³-hybridized carbons (Fsp3) is 0.667. The number of aryl methyl sites for hydroxylation is 2. The predicted molar refractivity (Wildman–Crippen MR) is 91.3 cm³/mol. The van der Waals surface area contributed by atoms with E-state index in [1.54, 1.807) is 0 Å². The smallest absolute Gasteiger partial charge is 0.326 e. The molecule has 1 rings (SSSR count). The monoisotopic (exact) mass is 322 g/mol. The van der Waals surface area contributed by atoms with Crippen molar-refractivity contribution in [2.45, 2.75) is 70.3 Å². The molecule has 1 atom stereocenters. The zero-order valence-electron chi connectivity index (χ0n) is 14.1. The van der Waals surface area contributed by atoms with Crippen LogP contribution < -0.4 is 5.73 Å². The molecule has 130 valence electrons. The van der Waals surface area contributed by atoms with Crippen molar-refractivity contribution in [3.63, 3.8) is 0 Å². The average molecular weight is 322 g/mol. The van der Waals surface area contributed by atoms with Gasteiger partial charge in [0.1, 0.15) is 5.54 Å². The minimum Gasteiger partial charge on any atom is -0.480 e. The summed E-state index contributed by atoms with van der Waals surface area (Å²) >= 11 is 0. The number of unbranched alkanes of at least 4 members (excludes halogenated alkanes) is 5. The number of rotatable bonds is 12. The van der Waals surface area contributed by atoms with E-state index in [1.165, 1.54) is 44.1 Å². The van der Waals surface area contributed by atoms with Crippen molar-refractivity contribution < 1.29 is 15.0 Å². The zero-order valence-corrected chi connectivity index (χ0v) is 14.1. The van der Waals surface area contributed by atoms with Gasteiger partial charge in [-0.05, 0) is 37.3 Å². The molecule has 0 amide bonds. The number of hydrogen-bond acceptors (Lipinski definition) is 4. The Morgan fingerprint density at radius 1 is 1.17 bits per heavy atom. The van der Waals surface area contributed by atoms with Crippen molar-refractivity contribution in [1.82, 2.24) is 4.98 Å². The van der Waals surface area contributed by atoms with Crippen LogP contribution in [0.3, 0.4) is 0 Å². The van der Waals surface area contributed by atoms with Crippen LogP contribution in [-0.4, -0.2) is 33.3 Å². The molecule has 5 nitrogen and oxygen atoms in total. The molecule has 0 spiro atoms. The Bertz CT molecular complexity index is 462. The minimum absolute atomic E-state index is 0.169. The summed E-state index contributed by atoms with van der Waals surface area (Å²) < 4.78 is 0. The van der Waals surface area contributed by atoms with E-state index < -0.39 is 18.1 Å². The molecule has 0 aliphatic rings. The maximum atomic E-state index is 11.0. The Morgan fingerprint density at radius 2 is 1.87 bits per heavy atom. The molecule has 1 unspecified atom stereocenters. The molecule has 0 bridgehead atoms. The molecule has 5 heteroatoms. The number of aliphatic carboxylic acids is 1. The molecule has 0 saturated carbocycles. The molecule has 1 aromatic rings. The number of hydrogen-bond donors (Lipinski definition) is 3. The summed E-state index contributed by atoms with van der Waals surface area (Å²) in [4.78, 5) is 15.4. The first-order valence-corrected chi connectivity index (χ1v) is 8.59. The van der Waals surface area contributed by atoms with Crippen LogP contribution in [0.2, 0.25) is 0 Å². The van der Waals surface area contributed by atoms with Crippen molar-refractivity contribution in [1.29, 1.82) is 0 Å². The van der Waals surface area contributed by atoms with E-state index in [-0.39, 0.29) is 6.42 Å². The largest absolute Gasteiger partial charge is 0.480 e. The molecule has 4 N–H and O–H groups in total. The van der Waals surface area contributed by atoms with Crippen LogP contribution >= 0.6 is 0 Å². The molecule has 0 aliphatic carbocycles. The predicted octanol–water partition coefficient (Wildman–Crippen LogP) is 2.69. The van der Waals surface area contributed by atoms with Gasteiger partial charge < -0.3 is 15.9 Å². The number of carboxylic acids is 1. The lowest BCUT2D eigenvalue weighted by atomic mass is 9.94. The molecular weight excluding hydrogens is 292 g/mol. The first-order valence-electron chi connectivity index (χ1n) is 8.59. The van der Waals surface area contributed by atoms with Crippen molar-refractivity contribution in [2.24, 2.45) is 5.73 Å². The van der Waals surface area contributed by atoms with Crippen molar-refractivity contribution in [3.8, 4) is 0 Å². The topological polar surface area (TPSA) is 96.4 Å². The van der Waals surface area contributed by atoms with Gasteiger partial charge in [-0.2, -0.15) is 0 Å². The lowest BCUT2D eigenvalue weighted by Crippen LogP contribution is -2.51. The third-order valence-corrected chi connectivity index (χ3v) is 4.24. The van der Waals surface area contributed by atoms with Crippen LogP contribution in [-0.2, 0) is 17.6 Å². The van der Waals surface area contributed by atoms with Gasteiger partial charge in [-0.15, -0.1) is 0 Å². The second kappa shape index (κ2) is 10.3. The summed E-state index contributed by atoms with van der Waals surface area (Å²) in [5.74, 6) is -1.18. The summed E-state index contributed by atoms with van der Waals surface area (Å²) in [6, 6.07) is 3.97. The second-order valence-electron chi connectivity index (χ2n) is 6.29. The van der Waals surface area contributed by atoms with E-state index in [0.29, 0.717) is 6.42 Å². The number of aliphatic hydroxyl groups is 1. The third kappa shape index (κ3) is 7.10. The highest BCUT2D eigenvalue weighted by Crippen LogP contribution is 2.13. The molecule has 1 heterocycles. The molecule has 23 heavy (non-hydrogen) atoms. The van der Waals surface area contributed by atoms with Crippen molar-refractivity contribution >= 4 is 5.97 Å². The third-order valence-electron chi connectivity index (χ3n) is 4.24. The highest BCUT2D eigenvalue weighted by molar-refractivity contribution is 5.78. The van der Waals surface area contributed by atoms with Crippen LogP contribution in [0.15, 0.2) is 18.3 Å². The number of carbonyl (C=O) groups is 1. The second-order valence-corrected chi connectivity index (χ2v) is 6.29. The van der Waals surface area contributed by atoms with Crippen molar-refractivity contribution in [3.05, 3.63) is 29.6 Å². The molecule has 1 aromatic heterocycles. The number of carboxylic acid groups (broad SMARTS) is 1. The number of nitrogens with zero attached hydrogens (tertiary/aromatic N) is 1. The lowest BCUT2D eigenvalue weighted by Gasteiger charge is -2.21. The van der Waals surface area contributed by atoms with Crippen LogP contribution in [0, 0.1) is 0 Å². The van der Waals surface area contributed by atoms with E-state index in [2.05, 4.69) is 11.9 Å². The lowest BCUT2D eigenvalue weighted by molar-refractivity contribution is -0.145. The van der Waals surface area contributed by atoms with Gasteiger partial charge in [-0.3, -0.25) is 9.78 Å². The number of aromatic nitrogens is 1. The fourth-order valence-corrected chi connectivity index (χ4v) is 2.47. The van der Waals surface area contributed by atoms with Gasteiger partial charge in [-0.1, -0.05) is 45.1 Å². The van der Waals surface area contributed by atoms with Gasteiger partial charge in [0.05, 0.1) is 6.61 Å². The first-order chi connectivity index (χ1) is 11.0. The minimum atomic E-state index is -1.58. The van der Waals surface area contributed by atoms with Crippen LogP contribution in [0.5, 0.6) is 0 Å². The van der Waals surface area contributed by atoms with Gasteiger partial charge >= 0.3 is 5.97 Å². The van der Waals surface area contributed by atoms with Gasteiger partial charge in [0.2, 0.25) is 0 Å². The van der Waals surface area contributed by atoms with Gasteiger partial charge in [0.25, 0.3) is 0 Å². The summed E-state index contributed by atoms with van der Waals surface area (Å²) in [6.45, 7) is 1.65. The highest BCUT2D eigenvalue weighted by Gasteiger charge is 2.32. The van der Waals surface area contributed by atoms with Gasteiger partial charge in [-0.25, -0.2) is 0 Å². The molecular formula is C18H30N2O3. The molecule has 0 fully saturated rings. The number of aliphatic hydroxyl groups excluding tert-OH is 1. The molecule has 0 radical (unpaired) electrons. The fourth-order valence-electron chi connectivity index (χ4n) is 2.47. The van der Waals surface area contributed by atoms with Crippen LogP contribution in [0.25, 0.3) is 0 Å². The Kier molecular flexibility index (Phi) is 8.81. The maximum Gasteiger partial charge on any atom is 0.326 e. The van der Waals surface area contributed by atoms with Crippen molar-refractivity contribution in [2.75, 3.05) is 6.61 Å². The molecule has 0 aromatic carbocycles. The summed E-state index contributed by atoms with van der Waals surface area (Å²) in [7, 11) is 0. The van der Waals surface area contributed by atoms with Crippen LogP contribution in [0.1, 0.15) is 63.1 Å². The Labute approximate surface area is 138 Å². The van der Waals surface area contributed by atoms with E-state index in [1.807, 2.05) is 18.3 Å². The van der Waals surface area contributed by atoms with E-state index in [0.717, 1.165) is 12.1 Å². The van der Waals surface area contributed by atoms with Crippen LogP contribution in [0.4, 0.5) is 0 Å². The van der Waals surface area contributed by atoms with Gasteiger partial charge in [0.15, 0.2) is 0 Å². The Balaban J connectivity index is 2.34. The number of pyridine rings is 1. The quantitative estimate of drug-likeness (QED) is 0.514. The summed E-state index contributed by atoms with van der Waals surface area (Å²) in [6.07, 6.45) is 11.2. The standard InChI is InChI=1S/C18H30N2O3/c1-2-3-4-5-6-7-8-15-9-10-16(20-13-15)11-12-18(19,14-21)17(22)23/h9-10,13,21H,2-8,11-12,14,19H2,1H3,(H,22,23). The first kappa shape index (κ1) is 19.6. The van der Waals surface area contributed by atoms with E-state index in [4.69, 9.17) is 15.9 Å². The average Bonchev–Trinajstić information content (AvgIpc) is 2.56. The van der Waals surface area contributed by atoms with E-state index >= 15 is 0 Å². The Morgan fingerprint density at radius 3 is 2.43 bits per heavy atom. The normalized spacial score (nSPS) is 13.7. The van der Waals surface area contributed by atoms with Gasteiger partial charge in [0, 0.05) is 11.9 Å². The summed E-state index contributed by atoms with van der Waals surface area (Å²) in [5.41, 5.74) is 6.09. The number of nitrogens with two attached hydrogens (primary N) is 1. The maximum absolute atomic E-state index is 11.0. The Hall–Kier alpha value is -1.46. The highest BCUT2D eigenvalue weighted by atomic mass is 16.4. The SMILES string of the molecule is CCCCCCCCc1ccc(CCC(N)(CO)C(=O)O)nc1.